The molecule has 2 heterocycles. The molecule has 0 aliphatic rings. The Morgan fingerprint density at radius 3 is 3.18 bits per heavy atom. The molecule has 0 radical (unpaired) electrons. The minimum Gasteiger partial charge on any atom is -0.295 e. The monoisotopic (exact) mass is 272 g/mol. The highest BCUT2D eigenvalue weighted by atomic mass is 127. The van der Waals surface area contributed by atoms with Gasteiger partial charge in [-0.25, -0.2) is 4.98 Å². The Morgan fingerprint density at radius 2 is 2.36 bits per heavy atom. The van der Waals surface area contributed by atoms with Gasteiger partial charge in [-0.15, -0.1) is 4.43 Å². The Hall–Kier alpha value is -0.0475. The maximum atomic E-state index is 4.26. The maximum Gasteiger partial charge on any atom is 0.259 e. The van der Waals surface area contributed by atoms with Crippen molar-refractivity contribution in [3.05, 3.63) is 28.2 Å². The number of imidazole rings is 1. The van der Waals surface area contributed by atoms with Crippen molar-refractivity contribution in [2.45, 2.75) is 0 Å². The summed E-state index contributed by atoms with van der Waals surface area (Å²) in [6, 6.07) is 4.28. The van der Waals surface area contributed by atoms with E-state index in [0.29, 0.717) is 0 Å². The molecular formula is C7H6AlIN2. The number of fused-ring (bicyclic) bond motifs is 1. The van der Waals surface area contributed by atoms with Gasteiger partial charge in [-0.05, 0) is 28.7 Å². The number of pyridine rings is 1. The van der Waals surface area contributed by atoms with E-state index >= 15 is 0 Å². The fourth-order valence-electron chi connectivity index (χ4n) is 1.05. The first-order chi connectivity index (χ1) is 5.27. The third-order valence-corrected chi connectivity index (χ3v) is 3.04. The molecule has 0 bridgehead atoms. The van der Waals surface area contributed by atoms with E-state index in [1.165, 1.54) is 8.13 Å². The van der Waals surface area contributed by atoms with Gasteiger partial charge in [0.1, 0.15) is 9.35 Å². The maximum absolute atomic E-state index is 4.26. The van der Waals surface area contributed by atoms with E-state index in [4.69, 9.17) is 0 Å². The Balaban J connectivity index is 2.86. The lowest BCUT2D eigenvalue weighted by molar-refractivity contribution is 1.16. The van der Waals surface area contributed by atoms with Crippen molar-refractivity contribution < 1.29 is 0 Å². The molecule has 2 aromatic rings. The largest absolute Gasteiger partial charge is 0.295 e. The van der Waals surface area contributed by atoms with Gasteiger partial charge in [0.15, 0.2) is 0 Å². The van der Waals surface area contributed by atoms with Gasteiger partial charge in [-0.3, -0.25) is 4.40 Å². The first kappa shape index (κ1) is 7.59. The van der Waals surface area contributed by atoms with Crippen LogP contribution >= 0.6 is 22.6 Å². The van der Waals surface area contributed by atoms with Crippen LogP contribution in [0, 0.1) is 3.70 Å². The van der Waals surface area contributed by atoms with Crippen molar-refractivity contribution in [2.24, 2.45) is 0 Å². The van der Waals surface area contributed by atoms with Crippen LogP contribution in [0.25, 0.3) is 5.65 Å². The molecule has 0 saturated carbocycles. The van der Waals surface area contributed by atoms with Gasteiger partial charge in [0.25, 0.3) is 16.3 Å². The summed E-state index contributed by atoms with van der Waals surface area (Å²) in [4.78, 5) is 4.26. The van der Waals surface area contributed by atoms with E-state index in [9.17, 15) is 0 Å². The Labute approximate surface area is 86.2 Å². The molecule has 2 aromatic heterocycles. The van der Waals surface area contributed by atoms with Gasteiger partial charge in [0, 0.05) is 6.20 Å². The predicted molar refractivity (Wildman–Crippen MR) is 56.1 cm³/mol. The van der Waals surface area contributed by atoms with Gasteiger partial charge in [0.05, 0.1) is 6.20 Å². The second kappa shape index (κ2) is 2.78. The molecule has 11 heavy (non-hydrogen) atoms. The summed E-state index contributed by atoms with van der Waals surface area (Å²) < 4.78 is 4.64. The highest BCUT2D eigenvalue weighted by molar-refractivity contribution is 14.1. The van der Waals surface area contributed by atoms with Crippen LogP contribution in [0.4, 0.5) is 0 Å². The second-order valence-corrected chi connectivity index (χ2v) is 4.77. The number of hydrogen-bond acceptors (Lipinski definition) is 1. The number of rotatable bonds is 0. The third kappa shape index (κ3) is 1.31. The van der Waals surface area contributed by atoms with Crippen molar-refractivity contribution in [1.29, 1.82) is 0 Å². The van der Waals surface area contributed by atoms with Gasteiger partial charge < -0.3 is 0 Å². The zero-order valence-corrected chi connectivity index (χ0v) is 10.2. The zero-order chi connectivity index (χ0) is 7.84. The molecule has 2 rings (SSSR count). The van der Waals surface area contributed by atoms with Crippen LogP contribution in [0.5, 0.6) is 0 Å². The molecule has 0 aliphatic heterocycles. The van der Waals surface area contributed by atoms with Gasteiger partial charge >= 0.3 is 0 Å². The lowest BCUT2D eigenvalue weighted by Gasteiger charge is -1.95. The normalized spacial score (nSPS) is 10.6. The summed E-state index contributed by atoms with van der Waals surface area (Å²) in [6.45, 7) is 0. The quantitative estimate of drug-likeness (QED) is 0.494. The van der Waals surface area contributed by atoms with Gasteiger partial charge in [-0.2, -0.15) is 0 Å². The standard InChI is InChI=1S/C7H4IN2.Al.2H/c8-6-5-9-7-3-1-2-4-10(6)7;;;/h2-5H;;;. The smallest absolute Gasteiger partial charge is 0.259 e. The Bertz CT molecular complexity index is 396. The molecule has 0 atom stereocenters. The minimum atomic E-state index is 1.06. The molecule has 0 aliphatic carbocycles. The lowest BCUT2D eigenvalue weighted by Crippen LogP contribution is -2.02. The van der Waals surface area contributed by atoms with Crippen LogP contribution in [-0.4, -0.2) is 25.7 Å². The average molecular weight is 272 g/mol. The first-order valence-corrected chi connectivity index (χ1v) is 5.44. The fraction of sp³-hybridized carbons (Fsp3) is 0. The minimum absolute atomic E-state index is 1.06. The summed E-state index contributed by atoms with van der Waals surface area (Å²) >= 11 is 3.37. The summed E-state index contributed by atoms with van der Waals surface area (Å²) in [7, 11) is 0. The SMILES string of the molecule is [AlH2][c]1ccn2c(I)cnc2c1. The average Bonchev–Trinajstić information content (AvgIpc) is 2.32. The number of halogens is 1. The van der Waals surface area contributed by atoms with Crippen LogP contribution in [0.3, 0.4) is 0 Å². The van der Waals surface area contributed by atoms with Crippen molar-refractivity contribution in [3.63, 3.8) is 0 Å². The molecule has 0 amide bonds. The van der Waals surface area contributed by atoms with Gasteiger partial charge in [0.2, 0.25) is 0 Å². The summed E-state index contributed by atoms with van der Waals surface area (Å²) in [6.07, 6.45) is 3.96. The van der Waals surface area contributed by atoms with E-state index in [0.717, 1.165) is 21.9 Å². The number of hydrogen-bond donors (Lipinski definition) is 0. The van der Waals surface area contributed by atoms with Crippen LogP contribution in [0.1, 0.15) is 0 Å². The van der Waals surface area contributed by atoms with E-state index in [2.05, 4.69) is 50.3 Å². The van der Waals surface area contributed by atoms with Crippen LogP contribution in [-0.2, 0) is 0 Å². The van der Waals surface area contributed by atoms with E-state index in [1.54, 1.807) is 0 Å². The van der Waals surface area contributed by atoms with Crippen molar-refractivity contribution in [2.75, 3.05) is 0 Å². The Morgan fingerprint density at radius 1 is 1.55 bits per heavy atom. The Kier molecular flexibility index (Phi) is 1.92. The second-order valence-electron chi connectivity index (χ2n) is 2.51. The summed E-state index contributed by atoms with van der Waals surface area (Å²) in [5.41, 5.74) is 1.06. The topological polar surface area (TPSA) is 17.3 Å². The molecule has 0 aromatic carbocycles. The molecule has 4 heteroatoms. The molecule has 0 fully saturated rings. The van der Waals surface area contributed by atoms with Crippen molar-refractivity contribution >= 4 is 49.0 Å². The number of aromatic nitrogens is 2. The molecule has 0 unspecified atom stereocenters. The molecule has 54 valence electrons. The fourth-order valence-corrected chi connectivity index (χ4v) is 2.01. The van der Waals surface area contributed by atoms with E-state index in [1.807, 2.05) is 6.20 Å². The van der Waals surface area contributed by atoms with Gasteiger partial charge in [-0.1, -0.05) is 6.07 Å². The molecule has 0 spiro atoms. The van der Waals surface area contributed by atoms with Crippen LogP contribution < -0.4 is 4.43 Å². The van der Waals surface area contributed by atoms with Crippen LogP contribution in [0.15, 0.2) is 24.5 Å². The molecule has 0 saturated heterocycles. The third-order valence-electron chi connectivity index (χ3n) is 1.62. The highest BCUT2D eigenvalue weighted by Gasteiger charge is 1.97. The van der Waals surface area contributed by atoms with Crippen LogP contribution in [0.2, 0.25) is 0 Å². The number of nitrogens with zero attached hydrogens (tertiary/aromatic N) is 2. The van der Waals surface area contributed by atoms with E-state index in [-0.39, 0.29) is 0 Å². The van der Waals surface area contributed by atoms with E-state index < -0.39 is 0 Å². The molecule has 0 N–H and O–H groups in total. The van der Waals surface area contributed by atoms with Crippen molar-refractivity contribution in [3.8, 4) is 0 Å². The first-order valence-electron chi connectivity index (χ1n) is 3.36. The van der Waals surface area contributed by atoms with Crippen molar-refractivity contribution in [1.82, 2.24) is 9.38 Å². The zero-order valence-electron chi connectivity index (χ0n) is 6.08. The predicted octanol–water partition coefficient (Wildman–Crippen LogP) is 0.197. The summed E-state index contributed by atoms with van der Waals surface area (Å²) in [5, 5.41) is 0. The molecule has 2 nitrogen and oxygen atoms in total. The lowest BCUT2D eigenvalue weighted by atomic mass is 10.5. The molecular weight excluding hydrogens is 266 g/mol. The summed E-state index contributed by atoms with van der Waals surface area (Å²) in [5.74, 6) is 0. The highest BCUT2D eigenvalue weighted by Crippen LogP contribution is 2.06.